The number of aromatic nitrogens is 4. The van der Waals surface area contributed by atoms with E-state index in [4.69, 9.17) is 24.2 Å². The smallest absolute Gasteiger partial charge is 0.407 e. The second-order valence-corrected chi connectivity index (χ2v) is 15.6. The lowest BCUT2D eigenvalue weighted by molar-refractivity contribution is -0.140. The van der Waals surface area contributed by atoms with Gasteiger partial charge in [-0.3, -0.25) is 9.59 Å². The second kappa shape index (κ2) is 16.2. The maximum atomic E-state index is 13.7. The number of rotatable bonds is 11. The van der Waals surface area contributed by atoms with Gasteiger partial charge in [-0.2, -0.15) is 0 Å². The van der Waals surface area contributed by atoms with E-state index < -0.39 is 18.2 Å². The summed E-state index contributed by atoms with van der Waals surface area (Å²) in [4.78, 5) is 59.8. The first-order chi connectivity index (χ1) is 28.1. The average molecular weight is 786 g/mol. The van der Waals surface area contributed by atoms with Crippen LogP contribution in [0.15, 0.2) is 72.8 Å². The molecule has 13 nitrogen and oxygen atoms in total. The molecule has 0 saturated carbocycles. The van der Waals surface area contributed by atoms with Crippen molar-refractivity contribution in [2.45, 2.75) is 76.8 Å². The van der Waals surface area contributed by atoms with Crippen molar-refractivity contribution in [1.82, 2.24) is 35.1 Å². The molecule has 2 aromatic heterocycles. The maximum absolute atomic E-state index is 13.7. The zero-order valence-electron chi connectivity index (χ0n) is 33.9. The van der Waals surface area contributed by atoms with Gasteiger partial charge in [0.15, 0.2) is 0 Å². The lowest BCUT2D eigenvalue weighted by Crippen LogP contribution is -2.54. The van der Waals surface area contributed by atoms with Gasteiger partial charge >= 0.3 is 6.09 Å². The van der Waals surface area contributed by atoms with E-state index in [1.54, 1.807) is 18.9 Å². The molecule has 6 aromatic rings. The Hall–Kier alpha value is -5.79. The van der Waals surface area contributed by atoms with Gasteiger partial charge in [-0.25, -0.2) is 14.8 Å². The predicted molar refractivity (Wildman–Crippen MR) is 223 cm³/mol. The van der Waals surface area contributed by atoms with E-state index in [-0.39, 0.29) is 35.9 Å². The molecule has 58 heavy (non-hydrogen) atoms. The van der Waals surface area contributed by atoms with Crippen LogP contribution in [0.25, 0.3) is 55.1 Å². The van der Waals surface area contributed by atoms with Crippen LogP contribution in [0.4, 0.5) is 4.79 Å². The molecule has 4 heterocycles. The summed E-state index contributed by atoms with van der Waals surface area (Å²) in [5, 5.41) is 4.90. The molecule has 8 rings (SSSR count). The van der Waals surface area contributed by atoms with Crippen LogP contribution in [0, 0.1) is 5.92 Å². The number of ether oxygens (including phenoxy) is 3. The average Bonchev–Trinajstić information content (AvgIpc) is 4.09. The van der Waals surface area contributed by atoms with Gasteiger partial charge in [0.25, 0.3) is 0 Å². The molecule has 0 bridgehead atoms. The molecule has 2 aliphatic rings. The number of carbonyl (C=O) groups excluding carboxylic acids is 3. The van der Waals surface area contributed by atoms with E-state index in [2.05, 4.69) is 82.0 Å². The lowest BCUT2D eigenvalue weighted by atomic mass is 9.97. The number of aromatic amines is 2. The Morgan fingerprint density at radius 2 is 1.12 bits per heavy atom. The predicted octanol–water partition coefficient (Wildman–Crippen LogP) is 7.68. The number of likely N-dealkylation sites (tertiary alicyclic amines) is 2. The van der Waals surface area contributed by atoms with E-state index in [0.29, 0.717) is 12.4 Å². The normalized spacial score (nSPS) is 19.1. The Balaban J connectivity index is 0.999. The minimum absolute atomic E-state index is 0.0735. The molecule has 2 fully saturated rings. The Morgan fingerprint density at radius 3 is 1.60 bits per heavy atom. The Morgan fingerprint density at radius 1 is 0.655 bits per heavy atom. The molecule has 0 aliphatic carbocycles. The van der Waals surface area contributed by atoms with Gasteiger partial charge in [0.05, 0.1) is 59.4 Å². The molecule has 302 valence electrons. The van der Waals surface area contributed by atoms with Crippen LogP contribution in [0.3, 0.4) is 0 Å². The monoisotopic (exact) mass is 785 g/mol. The largest absolute Gasteiger partial charge is 0.453 e. The molecule has 4 aromatic carbocycles. The van der Waals surface area contributed by atoms with Crippen molar-refractivity contribution >= 4 is 50.7 Å². The highest BCUT2D eigenvalue weighted by Crippen LogP contribution is 2.36. The standard InChI is InChI=1S/C45H51N7O6/c1-25(26(2)56-4)43(53)51-19-7-9-38(51)41-46-34-17-15-32(23-36(34)48-41)30-13-11-29-22-31(14-12-28(29)21-30)33-16-18-35-37(24-33)49-42(47-35)39-10-8-20-52(39)44(54)40(27(3)57-5)50-45(55)58-6/h11-18,21-27,38-40H,7-10,19-20H2,1-6H3,(H,46,48)(H,47,49)(H,50,55)/t25?,26?,27-,38+,39+,40+/m1/s1. The number of alkyl carbamates (subject to hydrolysis) is 1. The first-order valence-corrected chi connectivity index (χ1v) is 20.1. The number of fused-ring (bicyclic) bond motifs is 3. The zero-order chi connectivity index (χ0) is 40.7. The highest BCUT2D eigenvalue weighted by molar-refractivity contribution is 5.93. The first kappa shape index (κ1) is 39.1. The van der Waals surface area contributed by atoms with Crippen LogP contribution < -0.4 is 5.32 Å². The van der Waals surface area contributed by atoms with E-state index >= 15 is 0 Å². The Kier molecular flexibility index (Phi) is 10.9. The number of H-pyrrole nitrogens is 2. The number of methoxy groups -OCH3 is 3. The van der Waals surface area contributed by atoms with Crippen molar-refractivity contribution in [2.24, 2.45) is 5.92 Å². The number of carbonyl (C=O) groups is 3. The van der Waals surface area contributed by atoms with Crippen molar-refractivity contribution in [3.63, 3.8) is 0 Å². The molecule has 3 N–H and O–H groups in total. The van der Waals surface area contributed by atoms with Crippen LogP contribution in [0.1, 0.15) is 70.2 Å². The SMILES string of the molecule is COC(=O)N[C@H](C(=O)N1CCC[C@H]1c1nc2ccc(-c3ccc4cc(-c5ccc6nc([C@@H]7CCCN7C(=O)C(C)C(C)OC)[nH]c6c5)ccc4c3)cc2[nH]1)[C@@H](C)OC. The summed E-state index contributed by atoms with van der Waals surface area (Å²) in [7, 11) is 4.43. The van der Waals surface area contributed by atoms with E-state index in [1.165, 1.54) is 14.2 Å². The molecular formula is C45H51N7O6. The molecule has 2 aliphatic heterocycles. The minimum atomic E-state index is -0.890. The van der Waals surface area contributed by atoms with Gasteiger partial charge in [-0.1, -0.05) is 43.3 Å². The Bertz CT molecular complexity index is 2490. The zero-order valence-corrected chi connectivity index (χ0v) is 33.9. The third-order valence-electron chi connectivity index (χ3n) is 12.2. The van der Waals surface area contributed by atoms with E-state index in [1.807, 2.05) is 24.8 Å². The van der Waals surface area contributed by atoms with Gasteiger partial charge in [0.2, 0.25) is 11.8 Å². The second-order valence-electron chi connectivity index (χ2n) is 15.6. The molecule has 13 heteroatoms. The molecule has 0 radical (unpaired) electrons. The number of benzene rings is 4. The van der Waals surface area contributed by atoms with Crippen LogP contribution in [-0.4, -0.2) is 100 Å². The van der Waals surface area contributed by atoms with E-state index in [9.17, 15) is 14.4 Å². The van der Waals surface area contributed by atoms with Gasteiger partial charge in [0, 0.05) is 27.3 Å². The third-order valence-corrected chi connectivity index (χ3v) is 12.2. The number of nitrogens with one attached hydrogen (secondary N) is 3. The fraction of sp³-hybridized carbons (Fsp3) is 0.400. The summed E-state index contributed by atoms with van der Waals surface area (Å²) in [5.74, 6) is 1.19. The molecule has 2 saturated heterocycles. The fourth-order valence-corrected chi connectivity index (χ4v) is 8.51. The number of hydrogen-bond donors (Lipinski definition) is 3. The van der Waals surface area contributed by atoms with Crippen LogP contribution in [0.2, 0.25) is 0 Å². The van der Waals surface area contributed by atoms with Crippen molar-refractivity contribution in [3.05, 3.63) is 84.4 Å². The molecule has 0 spiro atoms. The minimum Gasteiger partial charge on any atom is -0.453 e. The van der Waals surface area contributed by atoms with Crippen molar-refractivity contribution in [1.29, 1.82) is 0 Å². The van der Waals surface area contributed by atoms with Crippen molar-refractivity contribution in [2.75, 3.05) is 34.4 Å². The quantitative estimate of drug-likeness (QED) is 0.121. The Labute approximate surface area is 337 Å². The highest BCUT2D eigenvalue weighted by atomic mass is 16.5. The van der Waals surface area contributed by atoms with Crippen molar-refractivity contribution < 1.29 is 28.6 Å². The fourth-order valence-electron chi connectivity index (χ4n) is 8.51. The van der Waals surface area contributed by atoms with Crippen LogP contribution >= 0.6 is 0 Å². The summed E-state index contributed by atoms with van der Waals surface area (Å²) < 4.78 is 15.7. The lowest BCUT2D eigenvalue weighted by Gasteiger charge is -2.30. The molecular weight excluding hydrogens is 735 g/mol. The molecule has 2 unspecified atom stereocenters. The van der Waals surface area contributed by atoms with E-state index in [0.717, 1.165) is 93.1 Å². The van der Waals surface area contributed by atoms with Gasteiger partial charge in [-0.15, -0.1) is 0 Å². The summed E-state index contributed by atoms with van der Waals surface area (Å²) in [6.07, 6.45) is 2.02. The van der Waals surface area contributed by atoms with Gasteiger partial charge in [0.1, 0.15) is 17.7 Å². The molecule has 3 amide bonds. The summed E-state index contributed by atoms with van der Waals surface area (Å²) in [6.45, 7) is 6.90. The van der Waals surface area contributed by atoms with Crippen molar-refractivity contribution in [3.8, 4) is 22.3 Å². The topological polar surface area (TPSA) is 155 Å². The maximum Gasteiger partial charge on any atom is 0.407 e. The number of amides is 3. The summed E-state index contributed by atoms with van der Waals surface area (Å²) in [5.41, 5.74) is 7.86. The number of nitrogens with zero attached hydrogens (tertiary/aromatic N) is 4. The highest BCUT2D eigenvalue weighted by Gasteiger charge is 2.39. The number of imidazole rings is 2. The van der Waals surface area contributed by atoms with Gasteiger partial charge in [-0.05, 0) is 109 Å². The van der Waals surface area contributed by atoms with Crippen LogP contribution in [0.5, 0.6) is 0 Å². The number of hydrogen-bond acceptors (Lipinski definition) is 8. The van der Waals surface area contributed by atoms with Gasteiger partial charge < -0.3 is 39.3 Å². The van der Waals surface area contributed by atoms with Crippen LogP contribution in [-0.2, 0) is 23.8 Å². The molecule has 6 atom stereocenters. The first-order valence-electron chi connectivity index (χ1n) is 20.1. The summed E-state index contributed by atoms with van der Waals surface area (Å²) in [6, 6.07) is 24.3. The third kappa shape index (κ3) is 7.40. The summed E-state index contributed by atoms with van der Waals surface area (Å²) >= 11 is 0.